The molecule has 0 atom stereocenters. The molecule has 1 aliphatic heterocycles. The maximum atomic E-state index is 10.9. The molecule has 0 saturated carbocycles. The highest BCUT2D eigenvalue weighted by Gasteiger charge is 2.25. The average molecular weight is 280 g/mol. The minimum atomic E-state index is -0.679. The summed E-state index contributed by atoms with van der Waals surface area (Å²) in [4.78, 5) is 22.6. The number of benzene rings is 1. The molecule has 0 bridgehead atoms. The molecule has 1 fully saturated rings. The van der Waals surface area contributed by atoms with Crippen molar-refractivity contribution < 1.29 is 9.85 Å². The van der Waals surface area contributed by atoms with Crippen LogP contribution in [0, 0.1) is 20.2 Å². The van der Waals surface area contributed by atoms with E-state index in [-0.39, 0.29) is 5.69 Å². The predicted octanol–water partition coefficient (Wildman–Crippen LogP) is 2.07. The summed E-state index contributed by atoms with van der Waals surface area (Å²) in [5.74, 6) is 0. The fourth-order valence-corrected chi connectivity index (χ4v) is 2.45. The fourth-order valence-electron chi connectivity index (χ4n) is 2.45. The van der Waals surface area contributed by atoms with E-state index in [2.05, 4.69) is 4.90 Å². The lowest BCUT2D eigenvalue weighted by Crippen LogP contribution is -2.29. The lowest BCUT2D eigenvalue weighted by Gasteiger charge is -2.26. The Bertz CT molecular complexity index is 505. The zero-order chi connectivity index (χ0) is 14.7. The number of nitrogens with zero attached hydrogens (tertiary/aromatic N) is 3. The Kier molecular flexibility index (Phi) is 4.14. The van der Waals surface area contributed by atoms with Crippen LogP contribution in [0.1, 0.15) is 24.8 Å². The second-order valence-electron chi connectivity index (χ2n) is 4.90. The second-order valence-corrected chi connectivity index (χ2v) is 4.90. The quantitative estimate of drug-likeness (QED) is 0.512. The Labute approximate surface area is 115 Å². The van der Waals surface area contributed by atoms with E-state index in [0.717, 1.165) is 25.9 Å². The molecule has 0 amide bonds. The van der Waals surface area contributed by atoms with Crippen molar-refractivity contribution >= 4 is 17.1 Å². The van der Waals surface area contributed by atoms with Crippen LogP contribution in [0.5, 0.6) is 0 Å². The Hall–Kier alpha value is -2.22. The van der Waals surface area contributed by atoms with Gasteiger partial charge in [0.15, 0.2) is 5.69 Å². The summed E-state index contributed by atoms with van der Waals surface area (Å²) in [6.45, 7) is 2.29. The van der Waals surface area contributed by atoms with Gasteiger partial charge in [-0.2, -0.15) is 0 Å². The SMILES string of the molecule is Nc1c([N+](=O)[O-])cc(CN2CCCCC2)cc1[N+](=O)[O-]. The van der Waals surface area contributed by atoms with E-state index in [4.69, 9.17) is 5.73 Å². The Balaban J connectivity index is 2.32. The van der Waals surface area contributed by atoms with Crippen LogP contribution in [-0.4, -0.2) is 27.8 Å². The summed E-state index contributed by atoms with van der Waals surface area (Å²) in [6, 6.07) is 2.66. The number of piperidine rings is 1. The lowest BCUT2D eigenvalue weighted by molar-refractivity contribution is -0.392. The summed E-state index contributed by atoms with van der Waals surface area (Å²) in [5, 5.41) is 21.9. The molecule has 108 valence electrons. The standard InChI is InChI=1S/C12H16N4O4/c13-12-10(15(17)18)6-9(7-11(12)16(19)20)8-14-4-2-1-3-5-14/h6-7H,1-5,8,13H2. The Morgan fingerprint density at radius 1 is 1.05 bits per heavy atom. The highest BCUT2D eigenvalue weighted by Crippen LogP contribution is 2.33. The molecule has 1 aromatic rings. The number of nitrogen functional groups attached to an aromatic ring is 1. The van der Waals surface area contributed by atoms with Crippen molar-refractivity contribution in [1.82, 2.24) is 4.90 Å². The van der Waals surface area contributed by atoms with Crippen LogP contribution in [0.15, 0.2) is 12.1 Å². The first kappa shape index (κ1) is 14.2. The molecule has 0 aromatic heterocycles. The van der Waals surface area contributed by atoms with Gasteiger partial charge in [-0.05, 0) is 31.5 Å². The van der Waals surface area contributed by atoms with Crippen LogP contribution in [0.25, 0.3) is 0 Å². The van der Waals surface area contributed by atoms with Gasteiger partial charge in [-0.3, -0.25) is 25.1 Å². The molecule has 1 aliphatic rings. The van der Waals surface area contributed by atoms with Gasteiger partial charge in [-0.1, -0.05) is 6.42 Å². The number of nitrogens with two attached hydrogens (primary N) is 1. The van der Waals surface area contributed by atoms with E-state index in [9.17, 15) is 20.2 Å². The lowest BCUT2D eigenvalue weighted by atomic mass is 10.1. The molecule has 2 rings (SSSR count). The number of hydrogen-bond acceptors (Lipinski definition) is 6. The molecule has 20 heavy (non-hydrogen) atoms. The Morgan fingerprint density at radius 3 is 2.00 bits per heavy atom. The molecule has 2 N–H and O–H groups in total. The zero-order valence-corrected chi connectivity index (χ0v) is 10.9. The summed E-state index contributed by atoms with van der Waals surface area (Å²) >= 11 is 0. The number of nitro groups is 2. The molecule has 1 saturated heterocycles. The van der Waals surface area contributed by atoms with Gasteiger partial charge in [-0.15, -0.1) is 0 Å². The third kappa shape index (κ3) is 3.02. The number of likely N-dealkylation sites (tertiary alicyclic amines) is 1. The average Bonchev–Trinajstić information content (AvgIpc) is 2.41. The van der Waals surface area contributed by atoms with Crippen LogP contribution in [-0.2, 0) is 6.54 Å². The topological polar surface area (TPSA) is 116 Å². The van der Waals surface area contributed by atoms with Gasteiger partial charge in [-0.25, -0.2) is 0 Å². The van der Waals surface area contributed by atoms with Gasteiger partial charge in [0.2, 0.25) is 0 Å². The molecule has 8 nitrogen and oxygen atoms in total. The third-order valence-electron chi connectivity index (χ3n) is 3.44. The van der Waals surface area contributed by atoms with Crippen molar-refractivity contribution in [1.29, 1.82) is 0 Å². The molecular weight excluding hydrogens is 264 g/mol. The van der Waals surface area contributed by atoms with Crippen LogP contribution >= 0.6 is 0 Å². The largest absolute Gasteiger partial charge is 0.388 e. The van der Waals surface area contributed by atoms with Gasteiger partial charge in [0.25, 0.3) is 11.4 Å². The monoisotopic (exact) mass is 280 g/mol. The van der Waals surface area contributed by atoms with Crippen molar-refractivity contribution in [2.45, 2.75) is 25.8 Å². The molecule has 1 heterocycles. The maximum absolute atomic E-state index is 10.9. The number of nitro benzene ring substituents is 2. The van der Waals surface area contributed by atoms with E-state index in [0.29, 0.717) is 12.1 Å². The summed E-state index contributed by atoms with van der Waals surface area (Å²) in [5.41, 5.74) is 4.86. The maximum Gasteiger partial charge on any atom is 0.299 e. The highest BCUT2D eigenvalue weighted by atomic mass is 16.6. The van der Waals surface area contributed by atoms with E-state index in [1.165, 1.54) is 18.6 Å². The zero-order valence-electron chi connectivity index (χ0n) is 10.9. The second kappa shape index (κ2) is 5.83. The highest BCUT2D eigenvalue weighted by molar-refractivity contribution is 5.71. The van der Waals surface area contributed by atoms with Crippen LogP contribution in [0.4, 0.5) is 17.1 Å². The van der Waals surface area contributed by atoms with Gasteiger partial charge in [0, 0.05) is 18.7 Å². The first-order chi connectivity index (χ1) is 9.49. The van der Waals surface area contributed by atoms with Gasteiger partial charge in [0.05, 0.1) is 9.85 Å². The summed E-state index contributed by atoms with van der Waals surface area (Å²) in [7, 11) is 0. The Morgan fingerprint density at radius 2 is 1.55 bits per heavy atom. The van der Waals surface area contributed by atoms with Gasteiger partial charge in [0.1, 0.15) is 0 Å². The minimum absolute atomic E-state index is 0.387. The van der Waals surface area contributed by atoms with E-state index in [1.807, 2.05) is 0 Å². The first-order valence-corrected chi connectivity index (χ1v) is 6.42. The molecule has 0 spiro atoms. The van der Waals surface area contributed by atoms with E-state index in [1.54, 1.807) is 0 Å². The molecule has 0 unspecified atom stereocenters. The van der Waals surface area contributed by atoms with Crippen LogP contribution in [0.2, 0.25) is 0 Å². The van der Waals surface area contributed by atoms with Crippen molar-refractivity contribution in [3.8, 4) is 0 Å². The fraction of sp³-hybridized carbons (Fsp3) is 0.500. The molecular formula is C12H16N4O4. The molecule has 0 radical (unpaired) electrons. The van der Waals surface area contributed by atoms with Crippen molar-refractivity contribution in [2.75, 3.05) is 18.8 Å². The number of anilines is 1. The minimum Gasteiger partial charge on any atom is -0.388 e. The van der Waals surface area contributed by atoms with Gasteiger partial charge >= 0.3 is 0 Å². The predicted molar refractivity (Wildman–Crippen MR) is 73.3 cm³/mol. The summed E-state index contributed by atoms with van der Waals surface area (Å²) in [6.07, 6.45) is 3.34. The van der Waals surface area contributed by atoms with Crippen molar-refractivity contribution in [2.24, 2.45) is 0 Å². The number of rotatable bonds is 4. The molecule has 8 heteroatoms. The summed E-state index contributed by atoms with van der Waals surface area (Å²) < 4.78 is 0. The van der Waals surface area contributed by atoms with E-state index >= 15 is 0 Å². The molecule has 1 aromatic carbocycles. The normalized spacial score (nSPS) is 16.0. The first-order valence-electron chi connectivity index (χ1n) is 6.42. The van der Waals surface area contributed by atoms with Crippen LogP contribution < -0.4 is 5.73 Å². The van der Waals surface area contributed by atoms with Crippen molar-refractivity contribution in [3.05, 3.63) is 37.9 Å². The smallest absolute Gasteiger partial charge is 0.299 e. The van der Waals surface area contributed by atoms with Gasteiger partial charge < -0.3 is 5.73 Å². The number of hydrogen-bond donors (Lipinski definition) is 1. The molecule has 0 aliphatic carbocycles. The third-order valence-corrected chi connectivity index (χ3v) is 3.44. The van der Waals surface area contributed by atoms with E-state index < -0.39 is 21.2 Å². The van der Waals surface area contributed by atoms with Crippen molar-refractivity contribution in [3.63, 3.8) is 0 Å². The van der Waals surface area contributed by atoms with Crippen LogP contribution in [0.3, 0.4) is 0 Å².